The predicted octanol–water partition coefficient (Wildman–Crippen LogP) is 4.20. The molecule has 0 saturated carbocycles. The number of hydrogen-bond acceptors (Lipinski definition) is 5. The van der Waals surface area contributed by atoms with Gasteiger partial charge in [0, 0.05) is 36.7 Å². The zero-order valence-corrected chi connectivity index (χ0v) is 19.6. The van der Waals surface area contributed by atoms with Gasteiger partial charge in [-0.2, -0.15) is 0 Å². The number of nitrogens with one attached hydrogen (secondary N) is 1. The first kappa shape index (κ1) is 22.8. The van der Waals surface area contributed by atoms with E-state index < -0.39 is 0 Å². The smallest absolute Gasteiger partial charge is 0.305 e. The van der Waals surface area contributed by atoms with Crippen LogP contribution in [0.1, 0.15) is 43.2 Å². The first-order valence-electron chi connectivity index (χ1n) is 11.1. The minimum atomic E-state index is -0.219. The number of rotatable bonds is 9. The van der Waals surface area contributed by atoms with Gasteiger partial charge in [-0.25, -0.2) is 0 Å². The van der Waals surface area contributed by atoms with E-state index in [0.717, 1.165) is 22.8 Å². The van der Waals surface area contributed by atoms with Gasteiger partial charge >= 0.3 is 5.97 Å². The molecule has 0 spiro atoms. The van der Waals surface area contributed by atoms with E-state index in [1.54, 1.807) is 6.20 Å². The van der Waals surface area contributed by atoms with Crippen molar-refractivity contribution in [2.75, 3.05) is 20.3 Å². The number of hydrogen-bond donors (Lipinski definition) is 1. The number of pyridine rings is 1. The Hall–Kier alpha value is -3.39. The van der Waals surface area contributed by atoms with E-state index in [1.165, 1.54) is 7.11 Å². The maximum atomic E-state index is 11.7. The topological polar surface area (TPSA) is 68.6 Å². The van der Waals surface area contributed by atoms with Crippen molar-refractivity contribution in [2.45, 2.75) is 31.8 Å². The third-order valence-electron chi connectivity index (χ3n) is 5.71. The average Bonchev–Trinajstić information content (AvgIpc) is 3.45. The molecule has 1 N–H and O–H groups in total. The monoisotopic (exact) mass is 464 g/mol. The summed E-state index contributed by atoms with van der Waals surface area (Å²) in [6.07, 6.45) is 4.83. The number of carbonyl (C=O) groups excluding carboxylic acids is 1. The number of esters is 1. The Balaban J connectivity index is 1.68. The zero-order chi connectivity index (χ0) is 23.2. The Kier molecular flexibility index (Phi) is 7.24. The van der Waals surface area contributed by atoms with Crippen LogP contribution in [0.25, 0.3) is 5.69 Å². The van der Waals surface area contributed by atoms with E-state index >= 15 is 0 Å². The molecule has 4 rings (SSSR count). The summed E-state index contributed by atoms with van der Waals surface area (Å²) in [7, 11) is 1.41. The molecule has 3 aromatic rings. The lowest BCUT2D eigenvalue weighted by Crippen LogP contribution is -2.31. The molecule has 0 unspecified atom stereocenters. The summed E-state index contributed by atoms with van der Waals surface area (Å²) in [5.74, 6) is 0.623. The van der Waals surface area contributed by atoms with Gasteiger partial charge in [0.05, 0.1) is 31.5 Å². The highest BCUT2D eigenvalue weighted by Gasteiger charge is 2.41. The SMILES string of the molecule is CCOc1ccc(-n2cccc2[C@@H]2[C@H](c3ccccn3)NC(=S)N2CCCC(=O)OC)cc1. The highest BCUT2D eigenvalue weighted by molar-refractivity contribution is 7.80. The highest BCUT2D eigenvalue weighted by Crippen LogP contribution is 2.39. The third kappa shape index (κ3) is 5.01. The molecular formula is C25H28N4O3S. The fourth-order valence-electron chi connectivity index (χ4n) is 4.20. The minimum Gasteiger partial charge on any atom is -0.494 e. The molecule has 2 aromatic heterocycles. The van der Waals surface area contributed by atoms with Crippen LogP contribution in [0.4, 0.5) is 0 Å². The Morgan fingerprint density at radius 2 is 1.97 bits per heavy atom. The molecule has 1 aliphatic rings. The van der Waals surface area contributed by atoms with Gasteiger partial charge in [-0.05, 0) is 74.1 Å². The molecule has 0 radical (unpaired) electrons. The molecule has 0 amide bonds. The van der Waals surface area contributed by atoms with Gasteiger partial charge in [0.1, 0.15) is 5.75 Å². The average molecular weight is 465 g/mol. The van der Waals surface area contributed by atoms with Crippen LogP contribution in [0.3, 0.4) is 0 Å². The normalized spacial score (nSPS) is 17.6. The summed E-state index contributed by atoms with van der Waals surface area (Å²) in [5, 5.41) is 4.11. The number of aromatic nitrogens is 2. The molecule has 0 aliphatic carbocycles. The number of nitrogens with zero attached hydrogens (tertiary/aromatic N) is 3. The van der Waals surface area contributed by atoms with E-state index in [-0.39, 0.29) is 18.1 Å². The van der Waals surface area contributed by atoms with E-state index in [4.69, 9.17) is 21.7 Å². The van der Waals surface area contributed by atoms with Crippen LogP contribution in [-0.4, -0.2) is 45.8 Å². The summed E-state index contributed by atoms with van der Waals surface area (Å²) in [5.41, 5.74) is 3.03. The minimum absolute atomic E-state index is 0.0911. The summed E-state index contributed by atoms with van der Waals surface area (Å²) in [6.45, 7) is 3.23. The van der Waals surface area contributed by atoms with Crippen LogP contribution in [0.15, 0.2) is 67.0 Å². The Morgan fingerprint density at radius 3 is 2.67 bits per heavy atom. The van der Waals surface area contributed by atoms with Crippen molar-refractivity contribution in [3.63, 3.8) is 0 Å². The lowest BCUT2D eigenvalue weighted by Gasteiger charge is -2.29. The Bertz CT molecular complexity index is 1080. The standard InChI is InChI=1S/C25H28N4O3S/c1-3-32-19-13-11-18(12-14-19)28-16-6-9-21(28)24-23(20-8-4-5-15-26-20)27-25(33)29(24)17-7-10-22(30)31-2/h4-6,8-9,11-16,23-24H,3,7,10,17H2,1-2H3,(H,27,33)/t23-,24+/m0/s1. The molecular weight excluding hydrogens is 436 g/mol. The summed E-state index contributed by atoms with van der Waals surface area (Å²) in [4.78, 5) is 18.4. The largest absolute Gasteiger partial charge is 0.494 e. The van der Waals surface area contributed by atoms with Gasteiger partial charge in [0.2, 0.25) is 0 Å². The summed E-state index contributed by atoms with van der Waals surface area (Å²) < 4.78 is 12.6. The van der Waals surface area contributed by atoms with Crippen LogP contribution < -0.4 is 10.1 Å². The van der Waals surface area contributed by atoms with Crippen LogP contribution >= 0.6 is 12.2 Å². The number of ether oxygens (including phenoxy) is 2. The van der Waals surface area contributed by atoms with E-state index in [9.17, 15) is 4.79 Å². The maximum Gasteiger partial charge on any atom is 0.305 e. The van der Waals surface area contributed by atoms with Crippen molar-refractivity contribution in [1.82, 2.24) is 19.8 Å². The molecule has 1 aliphatic heterocycles. The van der Waals surface area contributed by atoms with E-state index in [1.807, 2.05) is 55.5 Å². The molecule has 172 valence electrons. The molecule has 0 bridgehead atoms. The Morgan fingerprint density at radius 1 is 1.15 bits per heavy atom. The van der Waals surface area contributed by atoms with Crippen molar-refractivity contribution in [2.24, 2.45) is 0 Å². The van der Waals surface area contributed by atoms with Crippen LogP contribution in [0.2, 0.25) is 0 Å². The van der Waals surface area contributed by atoms with E-state index in [0.29, 0.717) is 31.1 Å². The first-order chi connectivity index (χ1) is 16.1. The second-order valence-corrected chi connectivity index (χ2v) is 8.12. The van der Waals surface area contributed by atoms with Crippen molar-refractivity contribution in [1.29, 1.82) is 0 Å². The maximum absolute atomic E-state index is 11.7. The summed E-state index contributed by atoms with van der Waals surface area (Å²) in [6, 6.07) is 17.9. The van der Waals surface area contributed by atoms with Crippen molar-refractivity contribution >= 4 is 23.3 Å². The lowest BCUT2D eigenvalue weighted by atomic mass is 10.0. The number of carbonyl (C=O) groups is 1. The molecule has 3 heterocycles. The third-order valence-corrected chi connectivity index (χ3v) is 6.07. The fraction of sp³-hybridized carbons (Fsp3) is 0.320. The second kappa shape index (κ2) is 10.5. The van der Waals surface area contributed by atoms with Gasteiger partial charge < -0.3 is 24.3 Å². The number of benzene rings is 1. The predicted molar refractivity (Wildman–Crippen MR) is 130 cm³/mol. The van der Waals surface area contributed by atoms with Crippen LogP contribution in [0.5, 0.6) is 5.75 Å². The molecule has 7 nitrogen and oxygen atoms in total. The first-order valence-corrected chi connectivity index (χ1v) is 11.5. The van der Waals surface area contributed by atoms with Crippen molar-refractivity contribution in [3.8, 4) is 11.4 Å². The molecule has 2 atom stereocenters. The van der Waals surface area contributed by atoms with Gasteiger partial charge in [0.25, 0.3) is 0 Å². The second-order valence-electron chi connectivity index (χ2n) is 7.73. The van der Waals surface area contributed by atoms with Gasteiger partial charge in [0.15, 0.2) is 5.11 Å². The zero-order valence-electron chi connectivity index (χ0n) is 18.8. The lowest BCUT2D eigenvalue weighted by molar-refractivity contribution is -0.140. The molecule has 1 aromatic carbocycles. The molecule has 1 fully saturated rings. The van der Waals surface area contributed by atoms with Gasteiger partial charge in [-0.15, -0.1) is 0 Å². The molecule has 33 heavy (non-hydrogen) atoms. The fourth-order valence-corrected chi connectivity index (χ4v) is 4.54. The summed E-state index contributed by atoms with van der Waals surface area (Å²) >= 11 is 5.73. The highest BCUT2D eigenvalue weighted by atomic mass is 32.1. The molecule has 8 heteroatoms. The van der Waals surface area contributed by atoms with Crippen molar-refractivity contribution in [3.05, 3.63) is 78.4 Å². The number of methoxy groups -OCH3 is 1. The van der Waals surface area contributed by atoms with Crippen molar-refractivity contribution < 1.29 is 14.3 Å². The Labute approximate surface area is 199 Å². The van der Waals surface area contributed by atoms with Crippen LogP contribution in [0, 0.1) is 0 Å². The molecule has 1 saturated heterocycles. The quantitative estimate of drug-likeness (QED) is 0.376. The van der Waals surface area contributed by atoms with Gasteiger partial charge in [-0.3, -0.25) is 9.78 Å². The van der Waals surface area contributed by atoms with E-state index in [2.05, 4.69) is 32.0 Å². The van der Waals surface area contributed by atoms with Gasteiger partial charge in [-0.1, -0.05) is 6.07 Å². The van der Waals surface area contributed by atoms with Crippen LogP contribution in [-0.2, 0) is 9.53 Å². The number of thiocarbonyl (C=S) groups is 1.